The molecule has 0 saturated heterocycles. The van der Waals surface area contributed by atoms with E-state index < -0.39 is 0 Å². The summed E-state index contributed by atoms with van der Waals surface area (Å²) >= 11 is 0. The summed E-state index contributed by atoms with van der Waals surface area (Å²) in [6.45, 7) is 0.505. The van der Waals surface area contributed by atoms with Gasteiger partial charge in [-0.1, -0.05) is 0 Å². The monoisotopic (exact) mass is 257 g/mol. The van der Waals surface area contributed by atoms with Crippen molar-refractivity contribution in [3.8, 4) is 11.4 Å². The molecule has 1 N–H and O–H groups in total. The van der Waals surface area contributed by atoms with Crippen LogP contribution in [0.1, 0.15) is 16.2 Å². The van der Waals surface area contributed by atoms with Crippen LogP contribution in [-0.2, 0) is 13.6 Å². The lowest BCUT2D eigenvalue weighted by atomic mass is 10.2. The second-order valence-corrected chi connectivity index (χ2v) is 4.77. The molecule has 19 heavy (non-hydrogen) atoms. The number of aromatic nitrogens is 3. The molecule has 3 rings (SSSR count). The summed E-state index contributed by atoms with van der Waals surface area (Å²) in [6.07, 6.45) is 1.78. The minimum absolute atomic E-state index is 0.0610. The minimum Gasteiger partial charge on any atom is -0.363 e. The molecule has 0 aromatic carbocycles. The molecule has 6 heteroatoms. The quantitative estimate of drug-likeness (QED) is 0.864. The summed E-state index contributed by atoms with van der Waals surface area (Å²) in [7, 11) is 5.75. The van der Waals surface area contributed by atoms with E-state index >= 15 is 0 Å². The largest absolute Gasteiger partial charge is 0.363 e. The SMILES string of the molecule is CN(C)c1ccc(-c2nc3c(n2C)C(=O)NC3)cn1. The van der Waals surface area contributed by atoms with Gasteiger partial charge in [-0.25, -0.2) is 9.97 Å². The predicted octanol–water partition coefficient (Wildman–Crippen LogP) is 0.791. The van der Waals surface area contributed by atoms with Gasteiger partial charge in [-0.15, -0.1) is 0 Å². The molecule has 3 heterocycles. The molecule has 1 aliphatic rings. The van der Waals surface area contributed by atoms with E-state index in [9.17, 15) is 4.79 Å². The van der Waals surface area contributed by atoms with Crippen LogP contribution in [0, 0.1) is 0 Å². The van der Waals surface area contributed by atoms with E-state index in [0.29, 0.717) is 12.2 Å². The third-order valence-electron chi connectivity index (χ3n) is 3.26. The average molecular weight is 257 g/mol. The number of amides is 1. The van der Waals surface area contributed by atoms with E-state index in [1.54, 1.807) is 6.20 Å². The van der Waals surface area contributed by atoms with E-state index in [2.05, 4.69) is 15.3 Å². The maximum atomic E-state index is 11.7. The molecule has 0 spiro atoms. The number of pyridine rings is 1. The molecule has 0 bridgehead atoms. The van der Waals surface area contributed by atoms with Crippen molar-refractivity contribution in [3.63, 3.8) is 0 Å². The second kappa shape index (κ2) is 4.08. The number of nitrogens with one attached hydrogen (secondary N) is 1. The van der Waals surface area contributed by atoms with Crippen molar-refractivity contribution in [2.45, 2.75) is 6.54 Å². The highest BCUT2D eigenvalue weighted by Crippen LogP contribution is 2.24. The van der Waals surface area contributed by atoms with Crippen LogP contribution in [0.2, 0.25) is 0 Å². The molecule has 2 aromatic heterocycles. The number of anilines is 1. The number of fused-ring (bicyclic) bond motifs is 1. The van der Waals surface area contributed by atoms with Gasteiger partial charge in [0.15, 0.2) is 0 Å². The van der Waals surface area contributed by atoms with Gasteiger partial charge < -0.3 is 14.8 Å². The number of hydrogen-bond donors (Lipinski definition) is 1. The van der Waals surface area contributed by atoms with Crippen molar-refractivity contribution in [1.82, 2.24) is 19.9 Å². The van der Waals surface area contributed by atoms with Gasteiger partial charge in [-0.3, -0.25) is 4.79 Å². The summed E-state index contributed by atoms with van der Waals surface area (Å²) in [5, 5.41) is 2.76. The van der Waals surface area contributed by atoms with E-state index in [4.69, 9.17) is 0 Å². The number of rotatable bonds is 2. The Kier molecular flexibility index (Phi) is 2.51. The lowest BCUT2D eigenvalue weighted by molar-refractivity contribution is 0.0958. The van der Waals surface area contributed by atoms with E-state index in [1.807, 2.05) is 42.7 Å². The zero-order chi connectivity index (χ0) is 13.6. The van der Waals surface area contributed by atoms with Gasteiger partial charge in [-0.05, 0) is 12.1 Å². The number of imidazole rings is 1. The smallest absolute Gasteiger partial charge is 0.270 e. The van der Waals surface area contributed by atoms with Crippen molar-refractivity contribution in [3.05, 3.63) is 29.7 Å². The molecule has 6 nitrogen and oxygen atoms in total. The highest BCUT2D eigenvalue weighted by Gasteiger charge is 2.26. The molecule has 2 aromatic rings. The van der Waals surface area contributed by atoms with Gasteiger partial charge in [0.25, 0.3) is 5.91 Å². The minimum atomic E-state index is -0.0610. The topological polar surface area (TPSA) is 63.1 Å². The Morgan fingerprint density at radius 1 is 1.37 bits per heavy atom. The van der Waals surface area contributed by atoms with Gasteiger partial charge in [0.2, 0.25) is 0 Å². The maximum Gasteiger partial charge on any atom is 0.270 e. The molecule has 0 fully saturated rings. The van der Waals surface area contributed by atoms with Crippen LogP contribution >= 0.6 is 0 Å². The van der Waals surface area contributed by atoms with Gasteiger partial charge in [0, 0.05) is 32.9 Å². The molecular weight excluding hydrogens is 242 g/mol. The Balaban J connectivity index is 2.04. The van der Waals surface area contributed by atoms with Crippen LogP contribution in [0.3, 0.4) is 0 Å². The van der Waals surface area contributed by atoms with Crippen molar-refractivity contribution in [1.29, 1.82) is 0 Å². The first-order valence-electron chi connectivity index (χ1n) is 6.05. The van der Waals surface area contributed by atoms with Gasteiger partial charge in [-0.2, -0.15) is 0 Å². The van der Waals surface area contributed by atoms with Crippen molar-refractivity contribution in [2.75, 3.05) is 19.0 Å². The highest BCUT2D eigenvalue weighted by atomic mass is 16.2. The summed E-state index contributed by atoms with van der Waals surface area (Å²) in [4.78, 5) is 22.5. The number of hydrogen-bond acceptors (Lipinski definition) is 4. The van der Waals surface area contributed by atoms with Crippen LogP contribution in [-0.4, -0.2) is 34.5 Å². The van der Waals surface area contributed by atoms with E-state index in [0.717, 1.165) is 22.9 Å². The first-order chi connectivity index (χ1) is 9.08. The Hall–Kier alpha value is -2.37. The summed E-state index contributed by atoms with van der Waals surface area (Å²) in [6, 6.07) is 3.91. The molecule has 0 aliphatic carbocycles. The van der Waals surface area contributed by atoms with Crippen LogP contribution in [0.25, 0.3) is 11.4 Å². The fraction of sp³-hybridized carbons (Fsp3) is 0.308. The Labute approximate surface area is 111 Å². The first-order valence-corrected chi connectivity index (χ1v) is 6.05. The maximum absolute atomic E-state index is 11.7. The fourth-order valence-corrected chi connectivity index (χ4v) is 2.25. The summed E-state index contributed by atoms with van der Waals surface area (Å²) < 4.78 is 1.82. The number of nitrogens with zero attached hydrogens (tertiary/aromatic N) is 4. The zero-order valence-electron chi connectivity index (χ0n) is 11.1. The molecule has 98 valence electrons. The number of carbonyl (C=O) groups excluding carboxylic acids is 1. The highest BCUT2D eigenvalue weighted by molar-refractivity contribution is 5.97. The van der Waals surface area contributed by atoms with Crippen molar-refractivity contribution >= 4 is 11.7 Å². The van der Waals surface area contributed by atoms with Crippen molar-refractivity contribution in [2.24, 2.45) is 7.05 Å². The van der Waals surface area contributed by atoms with Crippen molar-refractivity contribution < 1.29 is 4.79 Å². The van der Waals surface area contributed by atoms with E-state index in [-0.39, 0.29) is 5.91 Å². The van der Waals surface area contributed by atoms with Gasteiger partial charge >= 0.3 is 0 Å². The van der Waals surface area contributed by atoms with Crippen LogP contribution in [0.4, 0.5) is 5.82 Å². The Bertz CT molecular complexity index is 642. The van der Waals surface area contributed by atoms with Crippen LogP contribution in [0.5, 0.6) is 0 Å². The Morgan fingerprint density at radius 3 is 2.74 bits per heavy atom. The Morgan fingerprint density at radius 2 is 2.16 bits per heavy atom. The molecule has 1 aliphatic heterocycles. The third-order valence-corrected chi connectivity index (χ3v) is 3.26. The molecular formula is C13H15N5O. The van der Waals surface area contributed by atoms with Crippen LogP contribution in [0.15, 0.2) is 18.3 Å². The van der Waals surface area contributed by atoms with Gasteiger partial charge in [0.1, 0.15) is 17.3 Å². The predicted molar refractivity (Wildman–Crippen MR) is 71.9 cm³/mol. The van der Waals surface area contributed by atoms with E-state index in [1.165, 1.54) is 0 Å². The molecule has 0 unspecified atom stereocenters. The third kappa shape index (κ3) is 1.76. The standard InChI is InChI=1S/C13H15N5O/c1-17(2)10-5-4-8(6-14-10)12-16-9-7-15-13(19)11(9)18(12)3/h4-6H,7H2,1-3H3,(H,15,19). The molecule has 0 saturated carbocycles. The fourth-order valence-electron chi connectivity index (χ4n) is 2.25. The molecule has 0 radical (unpaired) electrons. The lowest BCUT2D eigenvalue weighted by Gasteiger charge is -2.11. The molecule has 1 amide bonds. The zero-order valence-corrected chi connectivity index (χ0v) is 11.1. The first kappa shape index (κ1) is 11.7. The molecule has 0 atom stereocenters. The number of carbonyl (C=O) groups is 1. The second-order valence-electron chi connectivity index (χ2n) is 4.77. The van der Waals surface area contributed by atoms with Gasteiger partial charge in [0.05, 0.1) is 12.2 Å². The summed E-state index contributed by atoms with van der Waals surface area (Å²) in [5.74, 6) is 1.61. The summed E-state index contributed by atoms with van der Waals surface area (Å²) in [5.41, 5.74) is 2.36. The lowest BCUT2D eigenvalue weighted by Crippen LogP contribution is -2.16. The van der Waals surface area contributed by atoms with Crippen LogP contribution < -0.4 is 10.2 Å². The average Bonchev–Trinajstić information content (AvgIpc) is 2.91. The normalized spacial score (nSPS) is 13.3.